The zero-order chi connectivity index (χ0) is 37.0. The van der Waals surface area contributed by atoms with Crippen molar-refractivity contribution in [2.45, 2.75) is 12.3 Å². The number of benzene rings is 8. The first-order valence-corrected chi connectivity index (χ1v) is 19.2. The minimum absolute atomic E-state index is 0.0854. The second-order valence-electron chi connectivity index (χ2n) is 14.7. The fourth-order valence-electron chi connectivity index (χ4n) is 8.35. The lowest BCUT2D eigenvalue weighted by Crippen LogP contribution is -2.12. The Kier molecular flexibility index (Phi) is 7.63. The van der Waals surface area contributed by atoms with Crippen molar-refractivity contribution in [3.63, 3.8) is 0 Å². The third kappa shape index (κ3) is 5.73. The fourth-order valence-corrected chi connectivity index (χ4v) is 8.35. The van der Waals surface area contributed by atoms with E-state index in [4.69, 9.17) is 13.8 Å². The standard InChI is InChI=1S/C53H35NO2/c1-3-11-34(12-4-1)35-19-21-37(22-20-35)49-33-43(32-48(54-49)36-13-5-2-6-14-36)42-28-40(38-23-25-52-46(30-38)44-15-7-9-17-50(44)55-52)27-41(29-42)39-24-26-53-47(31-39)45-16-8-10-18-51(45)56-53/h1-32,43H,33H2. The molecule has 56 heavy (non-hydrogen) atoms. The van der Waals surface area contributed by atoms with Gasteiger partial charge >= 0.3 is 0 Å². The summed E-state index contributed by atoms with van der Waals surface area (Å²) in [6, 6.07) is 66.8. The van der Waals surface area contributed by atoms with Crippen LogP contribution in [0.5, 0.6) is 0 Å². The van der Waals surface area contributed by atoms with Gasteiger partial charge < -0.3 is 8.83 Å². The highest BCUT2D eigenvalue weighted by Gasteiger charge is 2.23. The van der Waals surface area contributed by atoms with Crippen LogP contribution >= 0.6 is 0 Å². The van der Waals surface area contributed by atoms with E-state index in [-0.39, 0.29) is 5.92 Å². The second kappa shape index (κ2) is 13.3. The van der Waals surface area contributed by atoms with Crippen molar-refractivity contribution in [2.24, 2.45) is 4.99 Å². The molecule has 0 aliphatic carbocycles. The van der Waals surface area contributed by atoms with Crippen LogP contribution in [0.25, 0.3) is 83.0 Å². The van der Waals surface area contributed by atoms with Crippen molar-refractivity contribution < 1.29 is 8.83 Å². The lowest BCUT2D eigenvalue weighted by atomic mass is 9.84. The Bertz CT molecular complexity index is 3010. The van der Waals surface area contributed by atoms with Gasteiger partial charge in [0.15, 0.2) is 0 Å². The van der Waals surface area contributed by atoms with E-state index < -0.39 is 0 Å². The topological polar surface area (TPSA) is 38.6 Å². The first-order chi connectivity index (χ1) is 27.7. The Morgan fingerprint density at radius 2 is 0.821 bits per heavy atom. The predicted octanol–water partition coefficient (Wildman–Crippen LogP) is 14.5. The number of para-hydroxylation sites is 2. The number of furan rings is 2. The van der Waals surface area contributed by atoms with Gasteiger partial charge in [-0.2, -0.15) is 0 Å². The Labute approximate surface area is 324 Å². The lowest BCUT2D eigenvalue weighted by Gasteiger charge is -2.23. The lowest BCUT2D eigenvalue weighted by molar-refractivity contribution is 0.668. The van der Waals surface area contributed by atoms with Gasteiger partial charge in [0.1, 0.15) is 22.3 Å². The van der Waals surface area contributed by atoms with E-state index in [9.17, 15) is 0 Å². The zero-order valence-electron chi connectivity index (χ0n) is 30.5. The monoisotopic (exact) mass is 717 g/mol. The van der Waals surface area contributed by atoms with Gasteiger partial charge in [-0.1, -0.05) is 152 Å². The smallest absolute Gasteiger partial charge is 0.135 e. The highest BCUT2D eigenvalue weighted by atomic mass is 16.3. The van der Waals surface area contributed by atoms with Crippen LogP contribution in [0.15, 0.2) is 208 Å². The number of allylic oxidation sites excluding steroid dienone is 1. The first kappa shape index (κ1) is 32.2. The molecule has 0 fully saturated rings. The van der Waals surface area contributed by atoms with Crippen molar-refractivity contribution in [3.05, 3.63) is 211 Å². The third-order valence-corrected chi connectivity index (χ3v) is 11.2. The summed E-state index contributed by atoms with van der Waals surface area (Å²) in [6.07, 6.45) is 3.14. The summed E-state index contributed by atoms with van der Waals surface area (Å²) in [5.74, 6) is 0.0854. The highest BCUT2D eigenvalue weighted by Crippen LogP contribution is 2.41. The molecule has 11 rings (SSSR count). The normalized spacial score (nSPS) is 14.4. The van der Waals surface area contributed by atoms with E-state index in [1.165, 1.54) is 16.7 Å². The summed E-state index contributed by atoms with van der Waals surface area (Å²) in [5.41, 5.74) is 16.2. The van der Waals surface area contributed by atoms with Crippen LogP contribution in [-0.4, -0.2) is 5.71 Å². The molecule has 0 spiro atoms. The minimum atomic E-state index is 0.0854. The Morgan fingerprint density at radius 3 is 1.41 bits per heavy atom. The van der Waals surface area contributed by atoms with Gasteiger partial charge in [0.2, 0.25) is 0 Å². The number of aliphatic imine (C=N–C) groups is 1. The van der Waals surface area contributed by atoms with Crippen molar-refractivity contribution in [3.8, 4) is 33.4 Å². The molecule has 1 unspecified atom stereocenters. The molecular formula is C53H35NO2. The maximum Gasteiger partial charge on any atom is 0.135 e. The summed E-state index contributed by atoms with van der Waals surface area (Å²) in [5, 5.41) is 4.49. The SMILES string of the molecule is C1=C(c2ccccc2)N=C(c2ccc(-c3ccccc3)cc2)CC1c1cc(-c2ccc3oc4ccccc4c3c2)cc(-c2ccc3oc4ccccc4c3c2)c1. The van der Waals surface area contributed by atoms with Gasteiger partial charge in [-0.15, -0.1) is 0 Å². The van der Waals surface area contributed by atoms with Crippen LogP contribution in [-0.2, 0) is 0 Å². The molecule has 1 aliphatic heterocycles. The number of nitrogens with zero attached hydrogens (tertiary/aromatic N) is 1. The van der Waals surface area contributed by atoms with Gasteiger partial charge in [0.05, 0.1) is 5.70 Å². The van der Waals surface area contributed by atoms with Crippen molar-refractivity contribution >= 4 is 55.3 Å². The number of rotatable bonds is 6. The Balaban J connectivity index is 1.07. The van der Waals surface area contributed by atoms with E-state index in [2.05, 4.69) is 170 Å². The molecular weight excluding hydrogens is 683 g/mol. The molecule has 3 nitrogen and oxygen atoms in total. The molecule has 0 saturated carbocycles. The van der Waals surface area contributed by atoms with Crippen LogP contribution in [0.3, 0.4) is 0 Å². The number of hydrogen-bond acceptors (Lipinski definition) is 3. The van der Waals surface area contributed by atoms with Crippen LogP contribution in [0, 0.1) is 0 Å². The first-order valence-electron chi connectivity index (χ1n) is 19.2. The molecule has 0 N–H and O–H groups in total. The van der Waals surface area contributed by atoms with E-state index in [0.29, 0.717) is 0 Å². The second-order valence-corrected chi connectivity index (χ2v) is 14.7. The molecule has 0 amide bonds. The molecule has 3 heteroatoms. The van der Waals surface area contributed by atoms with Gasteiger partial charge in [0.25, 0.3) is 0 Å². The molecule has 0 radical (unpaired) electrons. The average Bonchev–Trinajstić information content (AvgIpc) is 3.84. The summed E-state index contributed by atoms with van der Waals surface area (Å²) >= 11 is 0. The summed E-state index contributed by atoms with van der Waals surface area (Å²) in [4.78, 5) is 5.33. The minimum Gasteiger partial charge on any atom is -0.456 e. The van der Waals surface area contributed by atoms with Gasteiger partial charge in [-0.3, -0.25) is 4.99 Å². The van der Waals surface area contributed by atoms with Crippen LogP contribution in [0.2, 0.25) is 0 Å². The van der Waals surface area contributed by atoms with E-state index in [1.54, 1.807) is 0 Å². The van der Waals surface area contributed by atoms with E-state index >= 15 is 0 Å². The van der Waals surface area contributed by atoms with Crippen LogP contribution in [0.1, 0.15) is 29.0 Å². The van der Waals surface area contributed by atoms with Crippen LogP contribution in [0.4, 0.5) is 0 Å². The van der Waals surface area contributed by atoms with Crippen molar-refractivity contribution in [2.75, 3.05) is 0 Å². The molecule has 2 aromatic heterocycles. The van der Waals surface area contributed by atoms with Crippen molar-refractivity contribution in [1.29, 1.82) is 0 Å². The van der Waals surface area contributed by atoms with E-state index in [1.807, 2.05) is 24.3 Å². The fraction of sp³-hybridized carbons (Fsp3) is 0.0377. The maximum absolute atomic E-state index is 6.23. The molecule has 3 heterocycles. The predicted molar refractivity (Wildman–Crippen MR) is 232 cm³/mol. The quantitative estimate of drug-likeness (QED) is 0.172. The summed E-state index contributed by atoms with van der Waals surface area (Å²) in [7, 11) is 0. The molecule has 10 aromatic rings. The zero-order valence-corrected chi connectivity index (χ0v) is 30.5. The van der Waals surface area contributed by atoms with Crippen molar-refractivity contribution in [1.82, 2.24) is 0 Å². The molecule has 264 valence electrons. The van der Waals surface area contributed by atoms with Gasteiger partial charge in [-0.25, -0.2) is 0 Å². The summed E-state index contributed by atoms with van der Waals surface area (Å²) < 4.78 is 12.5. The summed E-state index contributed by atoms with van der Waals surface area (Å²) in [6.45, 7) is 0. The highest BCUT2D eigenvalue weighted by molar-refractivity contribution is 6.08. The molecule has 1 aliphatic rings. The molecule has 0 saturated heterocycles. The van der Waals surface area contributed by atoms with Gasteiger partial charge in [0, 0.05) is 39.6 Å². The largest absolute Gasteiger partial charge is 0.456 e. The Morgan fingerprint density at radius 1 is 0.357 bits per heavy atom. The average molecular weight is 718 g/mol. The van der Waals surface area contributed by atoms with Gasteiger partial charge in [-0.05, 0) is 92.5 Å². The molecule has 0 bridgehead atoms. The molecule has 8 aromatic carbocycles. The molecule has 1 atom stereocenters. The number of hydrogen-bond donors (Lipinski definition) is 0. The Hall–Kier alpha value is -7.23. The number of fused-ring (bicyclic) bond motifs is 6. The maximum atomic E-state index is 6.23. The van der Waals surface area contributed by atoms with Crippen LogP contribution < -0.4 is 0 Å². The third-order valence-electron chi connectivity index (χ3n) is 11.2. The van der Waals surface area contributed by atoms with E-state index in [0.717, 1.165) is 95.1 Å².